The van der Waals surface area contributed by atoms with Gasteiger partial charge in [-0.25, -0.2) is 14.4 Å². The lowest BCUT2D eigenvalue weighted by molar-refractivity contribution is 0.350. The maximum Gasteiger partial charge on any atom is 0.225 e. The molecule has 1 N–H and O–H groups in total. The molecule has 4 nitrogen and oxygen atoms in total. The van der Waals surface area contributed by atoms with Crippen molar-refractivity contribution < 1.29 is 4.39 Å². The van der Waals surface area contributed by atoms with Crippen LogP contribution < -0.4 is 10.2 Å². The molecular formula is C10H15FN4. The number of rotatable bonds is 1. The Kier molecular flexibility index (Phi) is 2.56. The minimum atomic E-state index is -0.395. The number of aromatic nitrogens is 2. The van der Waals surface area contributed by atoms with Gasteiger partial charge in [0.2, 0.25) is 5.95 Å². The molecule has 0 spiro atoms. The third kappa shape index (κ3) is 2.41. The van der Waals surface area contributed by atoms with Crippen molar-refractivity contribution in [2.45, 2.75) is 19.4 Å². The van der Waals surface area contributed by atoms with E-state index in [0.29, 0.717) is 5.95 Å². The fourth-order valence-electron chi connectivity index (χ4n) is 1.78. The van der Waals surface area contributed by atoms with Crippen LogP contribution in [0.5, 0.6) is 0 Å². The zero-order valence-electron chi connectivity index (χ0n) is 9.00. The first-order chi connectivity index (χ1) is 7.07. The van der Waals surface area contributed by atoms with E-state index in [-0.39, 0.29) is 5.54 Å². The zero-order valence-corrected chi connectivity index (χ0v) is 9.00. The molecule has 1 aliphatic heterocycles. The first-order valence-electron chi connectivity index (χ1n) is 5.04. The van der Waals surface area contributed by atoms with Gasteiger partial charge >= 0.3 is 0 Å². The number of hydrogen-bond donors (Lipinski definition) is 1. The van der Waals surface area contributed by atoms with Gasteiger partial charge in [0, 0.05) is 25.2 Å². The molecule has 1 fully saturated rings. The summed E-state index contributed by atoms with van der Waals surface area (Å²) in [7, 11) is 0. The lowest BCUT2D eigenvalue weighted by Gasteiger charge is -2.39. The number of nitrogens with one attached hydrogen (secondary N) is 1. The summed E-state index contributed by atoms with van der Waals surface area (Å²) in [6, 6.07) is 0. The number of anilines is 1. The van der Waals surface area contributed by atoms with Crippen LogP contribution in [0, 0.1) is 5.82 Å². The molecule has 0 bridgehead atoms. The molecule has 1 aliphatic rings. The van der Waals surface area contributed by atoms with E-state index < -0.39 is 5.82 Å². The van der Waals surface area contributed by atoms with Crippen LogP contribution in [0.15, 0.2) is 12.4 Å². The van der Waals surface area contributed by atoms with Crippen molar-refractivity contribution in [3.63, 3.8) is 0 Å². The molecule has 0 aliphatic carbocycles. The Balaban J connectivity index is 2.13. The molecule has 0 saturated carbocycles. The Morgan fingerprint density at radius 3 is 2.67 bits per heavy atom. The summed E-state index contributed by atoms with van der Waals surface area (Å²) in [6.45, 7) is 6.84. The van der Waals surface area contributed by atoms with E-state index in [1.165, 1.54) is 12.4 Å². The van der Waals surface area contributed by atoms with Gasteiger partial charge in [0.25, 0.3) is 0 Å². The smallest absolute Gasteiger partial charge is 0.225 e. The third-order valence-electron chi connectivity index (χ3n) is 2.46. The molecule has 2 rings (SSSR count). The van der Waals surface area contributed by atoms with Crippen LogP contribution in [0.1, 0.15) is 13.8 Å². The highest BCUT2D eigenvalue weighted by atomic mass is 19.1. The van der Waals surface area contributed by atoms with E-state index in [9.17, 15) is 4.39 Å². The predicted molar refractivity (Wildman–Crippen MR) is 56.3 cm³/mol. The van der Waals surface area contributed by atoms with Crippen LogP contribution in [0.3, 0.4) is 0 Å². The second-order valence-corrected chi connectivity index (χ2v) is 4.43. The molecule has 5 heteroatoms. The maximum atomic E-state index is 12.7. The van der Waals surface area contributed by atoms with E-state index in [0.717, 1.165) is 19.6 Å². The van der Waals surface area contributed by atoms with Crippen molar-refractivity contribution in [1.82, 2.24) is 15.3 Å². The fourth-order valence-corrected chi connectivity index (χ4v) is 1.78. The van der Waals surface area contributed by atoms with Crippen LogP contribution in [0.25, 0.3) is 0 Å². The fraction of sp³-hybridized carbons (Fsp3) is 0.600. The van der Waals surface area contributed by atoms with Gasteiger partial charge in [-0.1, -0.05) is 0 Å². The van der Waals surface area contributed by atoms with Gasteiger partial charge in [0.1, 0.15) is 0 Å². The van der Waals surface area contributed by atoms with Gasteiger partial charge in [-0.05, 0) is 13.8 Å². The van der Waals surface area contributed by atoms with Gasteiger partial charge < -0.3 is 10.2 Å². The lowest BCUT2D eigenvalue weighted by Crippen LogP contribution is -2.57. The summed E-state index contributed by atoms with van der Waals surface area (Å²) < 4.78 is 12.7. The second kappa shape index (κ2) is 3.73. The number of hydrogen-bond acceptors (Lipinski definition) is 4. The standard InChI is InChI=1S/C10H15FN4/c1-10(2)7-15(4-3-14-10)9-12-5-8(11)6-13-9/h5-6,14H,3-4,7H2,1-2H3. The molecule has 1 aromatic heterocycles. The molecule has 15 heavy (non-hydrogen) atoms. The summed E-state index contributed by atoms with van der Waals surface area (Å²) in [6.07, 6.45) is 2.41. The topological polar surface area (TPSA) is 41.1 Å². The number of nitrogens with zero attached hydrogens (tertiary/aromatic N) is 3. The Hall–Kier alpha value is -1.23. The van der Waals surface area contributed by atoms with Crippen LogP contribution in [-0.2, 0) is 0 Å². The van der Waals surface area contributed by atoms with Crippen molar-refractivity contribution in [3.05, 3.63) is 18.2 Å². The lowest BCUT2D eigenvalue weighted by atomic mass is 10.0. The zero-order chi connectivity index (χ0) is 10.9. The van der Waals surface area contributed by atoms with E-state index in [4.69, 9.17) is 0 Å². The highest BCUT2D eigenvalue weighted by molar-refractivity contribution is 5.30. The Morgan fingerprint density at radius 2 is 2.07 bits per heavy atom. The summed E-state index contributed by atoms with van der Waals surface area (Å²) in [5, 5.41) is 3.40. The van der Waals surface area contributed by atoms with Crippen LogP contribution in [-0.4, -0.2) is 35.1 Å². The quantitative estimate of drug-likeness (QED) is 0.744. The van der Waals surface area contributed by atoms with Crippen LogP contribution >= 0.6 is 0 Å². The Bertz CT molecular complexity index is 336. The van der Waals surface area contributed by atoms with Gasteiger partial charge in [0.15, 0.2) is 5.82 Å². The second-order valence-electron chi connectivity index (χ2n) is 4.43. The molecule has 1 aromatic rings. The highest BCUT2D eigenvalue weighted by Gasteiger charge is 2.26. The molecule has 0 aromatic carbocycles. The van der Waals surface area contributed by atoms with Gasteiger partial charge in [-0.3, -0.25) is 0 Å². The van der Waals surface area contributed by atoms with Crippen molar-refractivity contribution in [2.24, 2.45) is 0 Å². The number of piperazine rings is 1. The molecule has 82 valence electrons. The van der Waals surface area contributed by atoms with E-state index in [1.807, 2.05) is 0 Å². The molecule has 2 heterocycles. The molecule has 0 atom stereocenters. The maximum absolute atomic E-state index is 12.7. The predicted octanol–water partition coefficient (Wildman–Crippen LogP) is 0.804. The van der Waals surface area contributed by atoms with Gasteiger partial charge in [-0.2, -0.15) is 0 Å². The minimum absolute atomic E-state index is 0.0516. The van der Waals surface area contributed by atoms with Crippen LogP contribution in [0.2, 0.25) is 0 Å². The highest BCUT2D eigenvalue weighted by Crippen LogP contribution is 2.15. The first-order valence-corrected chi connectivity index (χ1v) is 5.04. The average Bonchev–Trinajstić information content (AvgIpc) is 2.17. The SMILES string of the molecule is CC1(C)CN(c2ncc(F)cn2)CCN1. The Morgan fingerprint density at radius 1 is 1.40 bits per heavy atom. The summed E-state index contributed by atoms with van der Waals surface area (Å²) in [5.41, 5.74) is 0.0516. The van der Waals surface area contributed by atoms with Crippen molar-refractivity contribution in [1.29, 1.82) is 0 Å². The summed E-state index contributed by atoms with van der Waals surface area (Å²) in [5.74, 6) is 0.208. The summed E-state index contributed by atoms with van der Waals surface area (Å²) in [4.78, 5) is 10.0. The summed E-state index contributed by atoms with van der Waals surface area (Å²) >= 11 is 0. The monoisotopic (exact) mass is 210 g/mol. The molecule has 0 amide bonds. The Labute approximate surface area is 88.5 Å². The normalized spacial score (nSPS) is 20.3. The van der Waals surface area contributed by atoms with Gasteiger partial charge in [-0.15, -0.1) is 0 Å². The molecule has 0 unspecified atom stereocenters. The molecule has 0 radical (unpaired) electrons. The molecule has 1 saturated heterocycles. The molecular weight excluding hydrogens is 195 g/mol. The van der Waals surface area contributed by atoms with E-state index in [1.54, 1.807) is 0 Å². The van der Waals surface area contributed by atoms with Crippen molar-refractivity contribution in [3.8, 4) is 0 Å². The largest absolute Gasteiger partial charge is 0.338 e. The van der Waals surface area contributed by atoms with Crippen molar-refractivity contribution >= 4 is 5.95 Å². The minimum Gasteiger partial charge on any atom is -0.338 e. The first kappa shape index (κ1) is 10.3. The van der Waals surface area contributed by atoms with Crippen LogP contribution in [0.4, 0.5) is 10.3 Å². The average molecular weight is 210 g/mol. The number of halogens is 1. The van der Waals surface area contributed by atoms with Gasteiger partial charge in [0.05, 0.1) is 12.4 Å². The third-order valence-corrected chi connectivity index (χ3v) is 2.46. The van der Waals surface area contributed by atoms with E-state index in [2.05, 4.69) is 34.0 Å². The van der Waals surface area contributed by atoms with Crippen molar-refractivity contribution in [2.75, 3.05) is 24.5 Å². The van der Waals surface area contributed by atoms with E-state index >= 15 is 0 Å².